The van der Waals surface area contributed by atoms with Crippen molar-refractivity contribution in [3.63, 3.8) is 0 Å². The Labute approximate surface area is 157 Å². The fraction of sp³-hybridized carbons (Fsp3) is 0.333. The van der Waals surface area contributed by atoms with Crippen molar-refractivity contribution in [3.05, 3.63) is 48.0 Å². The van der Waals surface area contributed by atoms with E-state index in [9.17, 15) is 9.90 Å². The maximum atomic E-state index is 12.6. The Morgan fingerprint density at radius 3 is 3.00 bits per heavy atom. The summed E-state index contributed by atoms with van der Waals surface area (Å²) in [6, 6.07) is 13.4. The van der Waals surface area contributed by atoms with Gasteiger partial charge in [0, 0.05) is 36.5 Å². The van der Waals surface area contributed by atoms with E-state index in [2.05, 4.69) is 10.3 Å². The largest absolute Gasteiger partial charge is 0.436 e. The normalized spacial score (nSPS) is 16.8. The Balaban J connectivity index is 1.55. The third-order valence-corrected chi connectivity index (χ3v) is 5.12. The van der Waals surface area contributed by atoms with E-state index in [0.29, 0.717) is 23.6 Å². The number of aliphatic hydroxyl groups is 1. The topological polar surface area (TPSA) is 78.6 Å². The molecule has 0 bridgehead atoms. The first-order chi connectivity index (χ1) is 13.2. The van der Waals surface area contributed by atoms with Crippen molar-refractivity contribution in [2.75, 3.05) is 18.5 Å². The molecule has 0 spiro atoms. The minimum Gasteiger partial charge on any atom is -0.436 e. The summed E-state index contributed by atoms with van der Waals surface area (Å²) in [5.74, 6) is 0.578. The molecule has 27 heavy (non-hydrogen) atoms. The van der Waals surface area contributed by atoms with Crippen LogP contribution in [0.1, 0.15) is 24.8 Å². The number of aryl methyl sites for hydroxylation is 1. The number of benzene rings is 2. The fourth-order valence-corrected chi connectivity index (χ4v) is 3.68. The summed E-state index contributed by atoms with van der Waals surface area (Å²) < 4.78 is 5.93. The number of carbonyl (C=O) groups is 1. The van der Waals surface area contributed by atoms with Crippen LogP contribution in [0.2, 0.25) is 0 Å². The molecule has 1 aromatic heterocycles. The van der Waals surface area contributed by atoms with E-state index in [-0.39, 0.29) is 18.7 Å². The molecule has 6 nitrogen and oxygen atoms in total. The first-order valence-electron chi connectivity index (χ1n) is 9.31. The lowest BCUT2D eigenvalue weighted by Crippen LogP contribution is -2.39. The van der Waals surface area contributed by atoms with Crippen LogP contribution < -0.4 is 5.32 Å². The third-order valence-electron chi connectivity index (χ3n) is 5.12. The molecule has 3 aromatic rings. The highest BCUT2D eigenvalue weighted by Crippen LogP contribution is 2.28. The fourth-order valence-electron chi connectivity index (χ4n) is 3.68. The Hall–Kier alpha value is -2.86. The van der Waals surface area contributed by atoms with Crippen LogP contribution in [0.25, 0.3) is 22.6 Å². The molecule has 6 heteroatoms. The van der Waals surface area contributed by atoms with Crippen molar-refractivity contribution in [1.29, 1.82) is 0 Å². The maximum Gasteiger partial charge on any atom is 0.322 e. The molecule has 2 N–H and O–H groups in total. The number of anilines is 1. The summed E-state index contributed by atoms with van der Waals surface area (Å²) in [6.07, 6.45) is 2.53. The van der Waals surface area contributed by atoms with E-state index >= 15 is 0 Å². The van der Waals surface area contributed by atoms with Crippen LogP contribution in [0, 0.1) is 6.92 Å². The maximum absolute atomic E-state index is 12.6. The van der Waals surface area contributed by atoms with Gasteiger partial charge in [0.1, 0.15) is 5.52 Å². The van der Waals surface area contributed by atoms with E-state index in [1.54, 1.807) is 11.0 Å². The molecule has 4 rings (SSSR count). The number of likely N-dealkylation sites (tertiary alicyclic amines) is 1. The Kier molecular flexibility index (Phi) is 4.81. The summed E-state index contributed by atoms with van der Waals surface area (Å²) in [7, 11) is 0. The predicted molar refractivity (Wildman–Crippen MR) is 105 cm³/mol. The Morgan fingerprint density at radius 1 is 1.33 bits per heavy atom. The highest BCUT2D eigenvalue weighted by Gasteiger charge is 2.28. The van der Waals surface area contributed by atoms with Gasteiger partial charge >= 0.3 is 6.03 Å². The van der Waals surface area contributed by atoms with E-state index in [4.69, 9.17) is 4.42 Å². The molecule has 1 fully saturated rings. The first kappa shape index (κ1) is 17.5. The van der Waals surface area contributed by atoms with Crippen molar-refractivity contribution < 1.29 is 14.3 Å². The van der Waals surface area contributed by atoms with E-state index in [1.807, 2.05) is 43.3 Å². The Bertz CT molecular complexity index is 966. The van der Waals surface area contributed by atoms with Crippen LogP contribution >= 0.6 is 0 Å². The van der Waals surface area contributed by atoms with Gasteiger partial charge in [0.15, 0.2) is 5.58 Å². The van der Waals surface area contributed by atoms with Crippen LogP contribution in [0.3, 0.4) is 0 Å². The number of nitrogens with one attached hydrogen (secondary N) is 1. The zero-order chi connectivity index (χ0) is 18.8. The van der Waals surface area contributed by atoms with Crippen molar-refractivity contribution >= 4 is 22.8 Å². The lowest BCUT2D eigenvalue weighted by atomic mass is 10.1. The van der Waals surface area contributed by atoms with Crippen molar-refractivity contribution in [3.8, 4) is 11.5 Å². The minimum absolute atomic E-state index is 0.0974. The summed E-state index contributed by atoms with van der Waals surface area (Å²) in [5.41, 5.74) is 4.13. The summed E-state index contributed by atoms with van der Waals surface area (Å²) in [4.78, 5) is 19.0. The van der Waals surface area contributed by atoms with E-state index < -0.39 is 0 Å². The average Bonchev–Trinajstić information content (AvgIpc) is 3.29. The second-order valence-electron chi connectivity index (χ2n) is 6.95. The zero-order valence-electron chi connectivity index (χ0n) is 15.3. The minimum atomic E-state index is -0.135. The van der Waals surface area contributed by atoms with Crippen LogP contribution in [0.4, 0.5) is 10.5 Å². The van der Waals surface area contributed by atoms with Gasteiger partial charge in [0.25, 0.3) is 0 Å². The molecule has 1 atom stereocenters. The van der Waals surface area contributed by atoms with Crippen LogP contribution in [0.5, 0.6) is 0 Å². The number of hydrogen-bond donors (Lipinski definition) is 2. The number of amides is 2. The summed E-state index contributed by atoms with van der Waals surface area (Å²) >= 11 is 0. The number of aliphatic hydroxyl groups excluding tert-OH is 1. The molecule has 2 aromatic carbocycles. The molecule has 2 amide bonds. The smallest absolute Gasteiger partial charge is 0.322 e. The average molecular weight is 365 g/mol. The quantitative estimate of drug-likeness (QED) is 0.727. The van der Waals surface area contributed by atoms with Crippen molar-refractivity contribution in [2.24, 2.45) is 0 Å². The molecule has 0 unspecified atom stereocenters. The molecule has 1 aliphatic rings. The second kappa shape index (κ2) is 7.40. The molecule has 0 saturated carbocycles. The van der Waals surface area contributed by atoms with Gasteiger partial charge in [-0.05, 0) is 49.9 Å². The number of fused-ring (bicyclic) bond motifs is 1. The van der Waals surface area contributed by atoms with E-state index in [0.717, 1.165) is 36.0 Å². The van der Waals surface area contributed by atoms with Gasteiger partial charge in [0.2, 0.25) is 5.89 Å². The molecule has 0 radical (unpaired) electrons. The number of nitrogens with zero attached hydrogens (tertiary/aromatic N) is 2. The van der Waals surface area contributed by atoms with Crippen LogP contribution in [0.15, 0.2) is 46.9 Å². The highest BCUT2D eigenvalue weighted by atomic mass is 16.3. The van der Waals surface area contributed by atoms with Gasteiger partial charge in [-0.3, -0.25) is 0 Å². The third kappa shape index (κ3) is 3.53. The number of hydrogen-bond acceptors (Lipinski definition) is 4. The van der Waals surface area contributed by atoms with E-state index in [1.165, 1.54) is 0 Å². The second-order valence-corrected chi connectivity index (χ2v) is 6.95. The van der Waals surface area contributed by atoms with Gasteiger partial charge in [-0.25, -0.2) is 9.78 Å². The number of rotatable bonds is 4. The molecule has 2 heterocycles. The van der Waals surface area contributed by atoms with Gasteiger partial charge < -0.3 is 19.7 Å². The lowest BCUT2D eigenvalue weighted by molar-refractivity contribution is 0.189. The van der Waals surface area contributed by atoms with Gasteiger partial charge in [-0.1, -0.05) is 18.2 Å². The molecule has 0 aliphatic carbocycles. The van der Waals surface area contributed by atoms with Gasteiger partial charge in [-0.2, -0.15) is 0 Å². The highest BCUT2D eigenvalue weighted by molar-refractivity contribution is 5.92. The summed E-state index contributed by atoms with van der Waals surface area (Å²) in [6.45, 7) is 2.84. The monoisotopic (exact) mass is 365 g/mol. The number of carbonyl (C=O) groups excluding carboxylic acids is 1. The number of aromatic nitrogens is 1. The molecular weight excluding hydrogens is 342 g/mol. The standard InChI is InChI=1S/C21H23N3O3/c1-14-5-2-3-7-17(14)20-23-18-9-8-15(13-19(18)27-20)22-21(26)24-11-4-6-16(24)10-12-25/h2-3,5,7-9,13,16,25H,4,6,10-12H2,1H3,(H,22,26)/t16-/m1/s1. The molecular formula is C21H23N3O3. The number of urea groups is 1. The number of oxazole rings is 1. The van der Waals surface area contributed by atoms with Crippen molar-refractivity contribution in [1.82, 2.24) is 9.88 Å². The molecule has 140 valence electrons. The van der Waals surface area contributed by atoms with Crippen LogP contribution in [-0.2, 0) is 0 Å². The molecule has 1 aliphatic heterocycles. The van der Waals surface area contributed by atoms with Crippen molar-refractivity contribution in [2.45, 2.75) is 32.2 Å². The Morgan fingerprint density at radius 2 is 2.19 bits per heavy atom. The molecule has 1 saturated heterocycles. The van der Waals surface area contributed by atoms with Gasteiger partial charge in [0.05, 0.1) is 0 Å². The van der Waals surface area contributed by atoms with Crippen LogP contribution in [-0.4, -0.2) is 40.2 Å². The first-order valence-corrected chi connectivity index (χ1v) is 9.31. The summed E-state index contributed by atoms with van der Waals surface area (Å²) in [5, 5.41) is 12.1. The zero-order valence-corrected chi connectivity index (χ0v) is 15.3. The SMILES string of the molecule is Cc1ccccc1-c1nc2ccc(NC(=O)N3CCC[C@@H]3CCO)cc2o1. The lowest BCUT2D eigenvalue weighted by Gasteiger charge is -2.24. The van der Waals surface area contributed by atoms with Gasteiger partial charge in [-0.15, -0.1) is 0 Å². The predicted octanol–water partition coefficient (Wildman–Crippen LogP) is 4.18.